The van der Waals surface area contributed by atoms with Crippen LogP contribution < -0.4 is 5.32 Å². The molecule has 0 aliphatic carbocycles. The summed E-state index contributed by atoms with van der Waals surface area (Å²) in [7, 11) is -3.98. The van der Waals surface area contributed by atoms with Gasteiger partial charge in [0.2, 0.25) is 15.9 Å². The minimum Gasteiger partial charge on any atom is -0.360 e. The zero-order chi connectivity index (χ0) is 19.1. The average molecular weight is 385 g/mol. The number of sulfonamides is 1. The third kappa shape index (κ3) is 3.21. The van der Waals surface area contributed by atoms with Crippen molar-refractivity contribution in [3.8, 4) is 0 Å². The van der Waals surface area contributed by atoms with Gasteiger partial charge >= 0.3 is 0 Å². The highest BCUT2D eigenvalue weighted by atomic mass is 32.2. The van der Waals surface area contributed by atoms with Crippen molar-refractivity contribution in [2.24, 2.45) is 0 Å². The molecular weight excluding hydrogens is 368 g/mol. The second-order valence-corrected chi connectivity index (χ2v) is 7.87. The molecule has 1 saturated heterocycles. The SMILES string of the molecule is Cc1noc(C)c1S(=O)(=O)N1CCC[C@@H]1C(=O)Nc1ccc(F)c(F)c1. The largest absolute Gasteiger partial charge is 0.360 e. The van der Waals surface area contributed by atoms with E-state index in [1.165, 1.54) is 19.9 Å². The van der Waals surface area contributed by atoms with Gasteiger partial charge in [0.05, 0.1) is 0 Å². The Balaban J connectivity index is 1.85. The van der Waals surface area contributed by atoms with Gasteiger partial charge in [-0.1, -0.05) is 5.16 Å². The third-order valence-corrected chi connectivity index (χ3v) is 6.38. The van der Waals surface area contributed by atoms with E-state index >= 15 is 0 Å². The minimum absolute atomic E-state index is 0.0509. The van der Waals surface area contributed by atoms with Crippen molar-refractivity contribution in [3.63, 3.8) is 0 Å². The number of amides is 1. The molecule has 0 bridgehead atoms. The molecule has 1 aliphatic rings. The summed E-state index contributed by atoms with van der Waals surface area (Å²) < 4.78 is 58.2. The maximum absolute atomic E-state index is 13.3. The normalized spacial score (nSPS) is 18.2. The van der Waals surface area contributed by atoms with Gasteiger partial charge in [0, 0.05) is 18.3 Å². The molecule has 1 N–H and O–H groups in total. The topological polar surface area (TPSA) is 92.5 Å². The molecule has 1 amide bonds. The lowest BCUT2D eigenvalue weighted by atomic mass is 10.2. The first-order valence-corrected chi connectivity index (χ1v) is 9.36. The molecule has 1 fully saturated rings. The van der Waals surface area contributed by atoms with Crippen LogP contribution in [0, 0.1) is 25.5 Å². The van der Waals surface area contributed by atoms with Gasteiger partial charge < -0.3 is 9.84 Å². The lowest BCUT2D eigenvalue weighted by molar-refractivity contribution is -0.119. The Labute approximate surface area is 149 Å². The molecule has 1 aromatic carbocycles. The molecule has 1 aliphatic heterocycles. The summed E-state index contributed by atoms with van der Waals surface area (Å²) in [6, 6.07) is 1.98. The average Bonchev–Trinajstić information content (AvgIpc) is 3.18. The standard InChI is InChI=1S/C16H17F2N3O4S/c1-9-15(10(2)25-20-9)26(23,24)21-7-3-4-14(21)16(22)19-11-5-6-12(17)13(18)8-11/h5-6,8,14H,3-4,7H2,1-2H3,(H,19,22)/t14-/m1/s1. The zero-order valence-corrected chi connectivity index (χ0v) is 14.9. The molecule has 0 spiro atoms. The number of hydrogen-bond donors (Lipinski definition) is 1. The fraction of sp³-hybridized carbons (Fsp3) is 0.375. The number of halogens is 2. The molecule has 7 nitrogen and oxygen atoms in total. The first-order valence-electron chi connectivity index (χ1n) is 7.92. The van der Waals surface area contributed by atoms with Crippen LogP contribution in [-0.4, -0.2) is 36.4 Å². The van der Waals surface area contributed by atoms with Gasteiger partial charge in [-0.2, -0.15) is 4.31 Å². The molecule has 2 heterocycles. The Kier molecular flexibility index (Phi) is 4.80. The molecule has 140 valence electrons. The molecule has 2 aromatic rings. The maximum Gasteiger partial charge on any atom is 0.249 e. The van der Waals surface area contributed by atoms with E-state index in [1.54, 1.807) is 0 Å². The van der Waals surface area contributed by atoms with Gasteiger partial charge in [-0.15, -0.1) is 0 Å². The number of benzene rings is 1. The predicted octanol–water partition coefficient (Wildman–Crippen LogP) is 2.36. The smallest absolute Gasteiger partial charge is 0.249 e. The van der Waals surface area contributed by atoms with Crippen LogP contribution in [0.5, 0.6) is 0 Å². The molecule has 0 unspecified atom stereocenters. The molecule has 10 heteroatoms. The number of hydrogen-bond acceptors (Lipinski definition) is 5. The van der Waals surface area contributed by atoms with Gasteiger partial charge in [-0.3, -0.25) is 4.79 Å². The van der Waals surface area contributed by atoms with Crippen molar-refractivity contribution in [1.82, 2.24) is 9.46 Å². The number of rotatable bonds is 4. The highest BCUT2D eigenvalue weighted by Gasteiger charge is 2.41. The van der Waals surface area contributed by atoms with Crippen LogP contribution >= 0.6 is 0 Å². The van der Waals surface area contributed by atoms with Crippen molar-refractivity contribution in [2.45, 2.75) is 37.6 Å². The summed E-state index contributed by atoms with van der Waals surface area (Å²) in [6.07, 6.45) is 0.816. The highest BCUT2D eigenvalue weighted by Crippen LogP contribution is 2.30. The van der Waals surface area contributed by atoms with Gasteiger partial charge in [0.1, 0.15) is 16.6 Å². The number of anilines is 1. The van der Waals surface area contributed by atoms with Gasteiger partial charge in [-0.05, 0) is 38.8 Å². The highest BCUT2D eigenvalue weighted by molar-refractivity contribution is 7.89. The van der Waals surface area contributed by atoms with Crippen LogP contribution in [0.3, 0.4) is 0 Å². The van der Waals surface area contributed by atoms with Crippen LogP contribution in [0.25, 0.3) is 0 Å². The first-order chi connectivity index (χ1) is 12.2. The second kappa shape index (κ2) is 6.76. The van der Waals surface area contributed by atoms with E-state index in [2.05, 4.69) is 10.5 Å². The van der Waals surface area contributed by atoms with Gasteiger partial charge in [0.25, 0.3) is 0 Å². The van der Waals surface area contributed by atoms with Crippen molar-refractivity contribution in [2.75, 3.05) is 11.9 Å². The summed E-state index contributed by atoms with van der Waals surface area (Å²) in [5.74, 6) is -2.60. The summed E-state index contributed by atoms with van der Waals surface area (Å²) in [6.45, 7) is 3.16. The molecule has 1 atom stereocenters. The number of aryl methyl sites for hydroxylation is 2. The first kappa shape index (κ1) is 18.5. The van der Waals surface area contributed by atoms with Gasteiger partial charge in [0.15, 0.2) is 17.4 Å². The Bertz CT molecular complexity index is 939. The van der Waals surface area contributed by atoms with E-state index in [1.807, 2.05) is 0 Å². The van der Waals surface area contributed by atoms with E-state index < -0.39 is 33.6 Å². The van der Waals surface area contributed by atoms with Crippen LogP contribution in [0.4, 0.5) is 14.5 Å². The molecule has 3 rings (SSSR count). The molecule has 0 saturated carbocycles. The fourth-order valence-corrected chi connectivity index (χ4v) is 5.00. The zero-order valence-electron chi connectivity index (χ0n) is 14.1. The molecular formula is C16H17F2N3O4S. The van der Waals surface area contributed by atoms with Crippen LogP contribution in [0.1, 0.15) is 24.3 Å². The Hall–Kier alpha value is -2.33. The Morgan fingerprint density at radius 1 is 1.31 bits per heavy atom. The number of aromatic nitrogens is 1. The van der Waals surface area contributed by atoms with E-state index in [0.717, 1.165) is 16.4 Å². The van der Waals surface area contributed by atoms with Crippen molar-refractivity contribution < 1.29 is 26.5 Å². The number of nitrogens with one attached hydrogen (secondary N) is 1. The monoisotopic (exact) mass is 385 g/mol. The summed E-state index contributed by atoms with van der Waals surface area (Å²) in [4.78, 5) is 12.5. The second-order valence-electron chi connectivity index (χ2n) is 6.05. The van der Waals surface area contributed by atoms with E-state index in [4.69, 9.17) is 4.52 Å². The minimum atomic E-state index is -3.98. The molecule has 1 aromatic heterocycles. The third-order valence-electron chi connectivity index (χ3n) is 4.23. The summed E-state index contributed by atoms with van der Waals surface area (Å²) in [5.41, 5.74) is 0.268. The maximum atomic E-state index is 13.3. The number of carbonyl (C=O) groups excluding carboxylic acids is 1. The van der Waals surface area contributed by atoms with Crippen LogP contribution in [0.15, 0.2) is 27.6 Å². The van der Waals surface area contributed by atoms with E-state index in [9.17, 15) is 22.0 Å². The van der Waals surface area contributed by atoms with E-state index in [0.29, 0.717) is 12.8 Å². The van der Waals surface area contributed by atoms with Gasteiger partial charge in [-0.25, -0.2) is 17.2 Å². The predicted molar refractivity (Wildman–Crippen MR) is 87.9 cm³/mol. The molecule has 26 heavy (non-hydrogen) atoms. The van der Waals surface area contributed by atoms with E-state index in [-0.39, 0.29) is 28.6 Å². The lowest BCUT2D eigenvalue weighted by Crippen LogP contribution is -2.43. The number of nitrogens with zero attached hydrogens (tertiary/aromatic N) is 2. The summed E-state index contributed by atoms with van der Waals surface area (Å²) in [5, 5.41) is 6.09. The lowest BCUT2D eigenvalue weighted by Gasteiger charge is -2.23. The molecule has 0 radical (unpaired) electrons. The Morgan fingerprint density at radius 2 is 2.04 bits per heavy atom. The number of carbonyl (C=O) groups is 1. The van der Waals surface area contributed by atoms with Crippen molar-refractivity contribution in [3.05, 3.63) is 41.3 Å². The fourth-order valence-electron chi connectivity index (χ4n) is 3.05. The Morgan fingerprint density at radius 3 is 2.65 bits per heavy atom. The van der Waals surface area contributed by atoms with Crippen LogP contribution in [0.2, 0.25) is 0 Å². The summed E-state index contributed by atoms with van der Waals surface area (Å²) >= 11 is 0. The van der Waals surface area contributed by atoms with Crippen molar-refractivity contribution >= 4 is 21.6 Å². The van der Waals surface area contributed by atoms with Crippen LogP contribution in [-0.2, 0) is 14.8 Å². The quantitative estimate of drug-likeness (QED) is 0.872. The van der Waals surface area contributed by atoms with Crippen molar-refractivity contribution in [1.29, 1.82) is 0 Å².